The number of amides is 1. The number of carbonyl (C=O) groups excluding carboxylic acids is 1. The van der Waals surface area contributed by atoms with Crippen molar-refractivity contribution in [3.63, 3.8) is 0 Å². The standard InChI is InChI=1S/C17H29N3O2/c1-13-12-15(19-22-13)18-16(21)8-11-20-9-5-6-14(7-10-20)17(2,3)4/h12,14H,5-11H2,1-4H3,(H,18,19,21). The maximum absolute atomic E-state index is 12.0. The summed E-state index contributed by atoms with van der Waals surface area (Å²) in [7, 11) is 0. The molecule has 0 saturated carbocycles. The van der Waals surface area contributed by atoms with Gasteiger partial charge in [0, 0.05) is 19.0 Å². The van der Waals surface area contributed by atoms with E-state index in [1.807, 2.05) is 6.92 Å². The van der Waals surface area contributed by atoms with Crippen LogP contribution in [0.25, 0.3) is 0 Å². The Morgan fingerprint density at radius 2 is 2.18 bits per heavy atom. The van der Waals surface area contributed by atoms with Crippen molar-refractivity contribution in [3.8, 4) is 0 Å². The molecule has 22 heavy (non-hydrogen) atoms. The van der Waals surface area contributed by atoms with Gasteiger partial charge in [-0.15, -0.1) is 0 Å². The van der Waals surface area contributed by atoms with Crippen LogP contribution in [0.1, 0.15) is 52.2 Å². The number of likely N-dealkylation sites (tertiary alicyclic amines) is 1. The lowest BCUT2D eigenvalue weighted by atomic mass is 9.77. The summed E-state index contributed by atoms with van der Waals surface area (Å²) in [5.74, 6) is 2.00. The van der Waals surface area contributed by atoms with E-state index in [4.69, 9.17) is 4.52 Å². The molecule has 5 nitrogen and oxygen atoms in total. The van der Waals surface area contributed by atoms with Gasteiger partial charge in [0.25, 0.3) is 0 Å². The number of nitrogens with one attached hydrogen (secondary N) is 1. The molecule has 1 fully saturated rings. The normalized spacial score (nSPS) is 20.6. The minimum Gasteiger partial charge on any atom is -0.360 e. The highest BCUT2D eigenvalue weighted by Gasteiger charge is 2.27. The highest BCUT2D eigenvalue weighted by Crippen LogP contribution is 2.34. The van der Waals surface area contributed by atoms with E-state index in [-0.39, 0.29) is 5.91 Å². The summed E-state index contributed by atoms with van der Waals surface area (Å²) in [5, 5.41) is 6.56. The fourth-order valence-corrected chi connectivity index (χ4v) is 3.14. The molecule has 1 N–H and O–H groups in total. The highest BCUT2D eigenvalue weighted by atomic mass is 16.5. The monoisotopic (exact) mass is 307 g/mol. The van der Waals surface area contributed by atoms with E-state index < -0.39 is 0 Å². The van der Waals surface area contributed by atoms with Gasteiger partial charge in [0.2, 0.25) is 5.91 Å². The lowest BCUT2D eigenvalue weighted by molar-refractivity contribution is -0.116. The molecule has 2 rings (SSSR count). The third-order valence-corrected chi connectivity index (χ3v) is 4.60. The SMILES string of the molecule is Cc1cc(NC(=O)CCN2CCCC(C(C)(C)C)CC2)no1. The molecule has 2 heterocycles. The van der Waals surface area contributed by atoms with Crippen molar-refractivity contribution in [2.24, 2.45) is 11.3 Å². The summed E-state index contributed by atoms with van der Waals surface area (Å²) >= 11 is 0. The van der Waals surface area contributed by atoms with Crippen molar-refractivity contribution in [2.45, 2.75) is 53.4 Å². The fraction of sp³-hybridized carbons (Fsp3) is 0.765. The molecule has 0 aliphatic carbocycles. The lowest BCUT2D eigenvalue weighted by Crippen LogP contribution is -2.29. The van der Waals surface area contributed by atoms with Gasteiger partial charge in [0.15, 0.2) is 5.82 Å². The summed E-state index contributed by atoms with van der Waals surface area (Å²) in [4.78, 5) is 14.4. The van der Waals surface area contributed by atoms with Gasteiger partial charge < -0.3 is 14.7 Å². The lowest BCUT2D eigenvalue weighted by Gasteiger charge is -2.29. The van der Waals surface area contributed by atoms with Crippen LogP contribution in [0, 0.1) is 18.3 Å². The van der Waals surface area contributed by atoms with E-state index in [1.54, 1.807) is 6.07 Å². The molecule has 5 heteroatoms. The zero-order valence-electron chi connectivity index (χ0n) is 14.3. The van der Waals surface area contributed by atoms with Crippen LogP contribution in [0.4, 0.5) is 5.82 Å². The zero-order chi connectivity index (χ0) is 16.2. The van der Waals surface area contributed by atoms with Gasteiger partial charge in [-0.1, -0.05) is 25.9 Å². The Kier molecular flexibility index (Phi) is 5.62. The van der Waals surface area contributed by atoms with Gasteiger partial charge in [-0.05, 0) is 50.6 Å². The molecule has 1 saturated heterocycles. The van der Waals surface area contributed by atoms with Gasteiger partial charge in [-0.3, -0.25) is 4.79 Å². The third-order valence-electron chi connectivity index (χ3n) is 4.60. The first-order valence-corrected chi connectivity index (χ1v) is 8.30. The highest BCUT2D eigenvalue weighted by molar-refractivity contribution is 5.89. The van der Waals surface area contributed by atoms with Crippen LogP contribution >= 0.6 is 0 Å². The fourth-order valence-electron chi connectivity index (χ4n) is 3.14. The van der Waals surface area contributed by atoms with Crippen molar-refractivity contribution in [3.05, 3.63) is 11.8 Å². The Balaban J connectivity index is 1.73. The van der Waals surface area contributed by atoms with Crippen molar-refractivity contribution in [1.82, 2.24) is 10.1 Å². The van der Waals surface area contributed by atoms with E-state index in [1.165, 1.54) is 19.3 Å². The topological polar surface area (TPSA) is 58.4 Å². The molecular weight excluding hydrogens is 278 g/mol. The Morgan fingerprint density at radius 3 is 2.82 bits per heavy atom. The van der Waals surface area contributed by atoms with Crippen LogP contribution in [0.3, 0.4) is 0 Å². The number of hydrogen-bond donors (Lipinski definition) is 1. The summed E-state index contributed by atoms with van der Waals surface area (Å²) < 4.78 is 4.94. The van der Waals surface area contributed by atoms with Crippen LogP contribution in [0.2, 0.25) is 0 Å². The van der Waals surface area contributed by atoms with Gasteiger partial charge in [0.05, 0.1) is 0 Å². The van der Waals surface area contributed by atoms with Crippen molar-refractivity contribution in [1.29, 1.82) is 0 Å². The number of hydrogen-bond acceptors (Lipinski definition) is 4. The Labute approximate surface area is 133 Å². The largest absolute Gasteiger partial charge is 0.360 e. The van der Waals surface area contributed by atoms with E-state index >= 15 is 0 Å². The van der Waals surface area contributed by atoms with Crippen LogP contribution in [0.15, 0.2) is 10.6 Å². The molecule has 1 aromatic rings. The molecule has 1 aliphatic rings. The van der Waals surface area contributed by atoms with Crippen molar-refractivity contribution in [2.75, 3.05) is 25.0 Å². The molecule has 0 aromatic carbocycles. The number of carbonyl (C=O) groups is 1. The molecule has 0 bridgehead atoms. The number of rotatable bonds is 4. The average Bonchev–Trinajstić information content (AvgIpc) is 2.70. The molecule has 124 valence electrons. The Bertz CT molecular complexity index is 490. The number of anilines is 1. The molecule has 0 radical (unpaired) electrons. The second-order valence-electron chi connectivity index (χ2n) is 7.46. The molecule has 0 spiro atoms. The summed E-state index contributed by atoms with van der Waals surface area (Å²) in [6, 6.07) is 1.73. The van der Waals surface area contributed by atoms with E-state index in [2.05, 4.69) is 36.1 Å². The molecule has 1 unspecified atom stereocenters. The van der Waals surface area contributed by atoms with Gasteiger partial charge in [-0.2, -0.15) is 0 Å². The summed E-state index contributed by atoms with van der Waals surface area (Å²) in [6.07, 6.45) is 4.26. The second kappa shape index (κ2) is 7.27. The van der Waals surface area contributed by atoms with E-state index in [0.717, 1.165) is 25.6 Å². The number of aryl methyl sites for hydroxylation is 1. The van der Waals surface area contributed by atoms with Gasteiger partial charge in [-0.25, -0.2) is 0 Å². The van der Waals surface area contributed by atoms with Crippen molar-refractivity contribution >= 4 is 11.7 Å². The van der Waals surface area contributed by atoms with Crippen LogP contribution in [-0.4, -0.2) is 35.6 Å². The smallest absolute Gasteiger partial charge is 0.226 e. The first-order chi connectivity index (χ1) is 10.3. The maximum atomic E-state index is 12.0. The number of aromatic nitrogens is 1. The van der Waals surface area contributed by atoms with E-state index in [0.29, 0.717) is 23.4 Å². The van der Waals surface area contributed by atoms with E-state index in [9.17, 15) is 4.79 Å². The molecular formula is C17H29N3O2. The van der Waals surface area contributed by atoms with Crippen LogP contribution in [-0.2, 0) is 4.79 Å². The third kappa shape index (κ3) is 5.13. The van der Waals surface area contributed by atoms with Crippen molar-refractivity contribution < 1.29 is 9.32 Å². The molecule has 1 amide bonds. The van der Waals surface area contributed by atoms with Crippen LogP contribution < -0.4 is 5.32 Å². The Hall–Kier alpha value is -1.36. The second-order valence-corrected chi connectivity index (χ2v) is 7.46. The molecule has 1 aromatic heterocycles. The summed E-state index contributed by atoms with van der Waals surface area (Å²) in [6.45, 7) is 11.8. The van der Waals surface area contributed by atoms with Gasteiger partial charge >= 0.3 is 0 Å². The zero-order valence-corrected chi connectivity index (χ0v) is 14.3. The predicted molar refractivity (Wildman–Crippen MR) is 87.7 cm³/mol. The average molecular weight is 307 g/mol. The minimum absolute atomic E-state index is 0.00455. The number of nitrogens with zero attached hydrogens (tertiary/aromatic N) is 2. The maximum Gasteiger partial charge on any atom is 0.226 e. The minimum atomic E-state index is 0.00455. The van der Waals surface area contributed by atoms with Gasteiger partial charge in [0.1, 0.15) is 5.76 Å². The first kappa shape index (κ1) is 17.0. The Morgan fingerprint density at radius 1 is 1.41 bits per heavy atom. The quantitative estimate of drug-likeness (QED) is 0.925. The van der Waals surface area contributed by atoms with Crippen LogP contribution in [0.5, 0.6) is 0 Å². The predicted octanol–water partition coefficient (Wildman–Crippen LogP) is 3.46. The molecule has 1 atom stereocenters. The summed E-state index contributed by atoms with van der Waals surface area (Å²) in [5.41, 5.74) is 0.387. The molecule has 1 aliphatic heterocycles. The first-order valence-electron chi connectivity index (χ1n) is 8.30.